The van der Waals surface area contributed by atoms with E-state index in [-0.39, 0.29) is 11.3 Å². The maximum Gasteiger partial charge on any atom is 0.410 e. The highest BCUT2D eigenvalue weighted by Crippen LogP contribution is 2.31. The summed E-state index contributed by atoms with van der Waals surface area (Å²) in [5.74, 6) is -1.62. The van der Waals surface area contributed by atoms with Crippen LogP contribution in [-0.2, 0) is 9.47 Å². The number of amides is 3. The molecule has 0 atom stereocenters. The van der Waals surface area contributed by atoms with Crippen molar-refractivity contribution in [2.75, 3.05) is 31.5 Å². The third kappa shape index (κ3) is 8.24. The van der Waals surface area contributed by atoms with Crippen LogP contribution in [0.3, 0.4) is 0 Å². The Hall–Kier alpha value is -4.21. The van der Waals surface area contributed by atoms with Crippen molar-refractivity contribution >= 4 is 34.9 Å². The Morgan fingerprint density at radius 3 is 1.77 bits per heavy atom. The highest BCUT2D eigenvalue weighted by Gasteiger charge is 2.27. The van der Waals surface area contributed by atoms with Crippen LogP contribution in [0.25, 0.3) is 11.1 Å². The molecular formula is C34H41F2N3O5. The zero-order valence-electron chi connectivity index (χ0n) is 26.5. The van der Waals surface area contributed by atoms with Gasteiger partial charge in [-0.2, -0.15) is 0 Å². The van der Waals surface area contributed by atoms with E-state index in [9.17, 15) is 14.4 Å². The number of benzene rings is 2. The van der Waals surface area contributed by atoms with Crippen LogP contribution in [0.15, 0.2) is 42.5 Å². The number of hydrogen-bond acceptors (Lipinski definition) is 5. The van der Waals surface area contributed by atoms with E-state index < -0.39 is 40.9 Å². The van der Waals surface area contributed by atoms with Crippen molar-refractivity contribution in [3.05, 3.63) is 76.4 Å². The van der Waals surface area contributed by atoms with Gasteiger partial charge >= 0.3 is 12.2 Å². The number of aryl methyl sites for hydroxylation is 1. The van der Waals surface area contributed by atoms with Crippen LogP contribution >= 0.6 is 0 Å². The molecule has 2 aliphatic rings. The highest BCUT2D eigenvalue weighted by molar-refractivity contribution is 6.04. The van der Waals surface area contributed by atoms with Crippen LogP contribution < -0.4 is 5.32 Å². The molecule has 0 aliphatic carbocycles. The topological polar surface area (TPSA) is 88.2 Å². The summed E-state index contributed by atoms with van der Waals surface area (Å²) in [4.78, 5) is 40.8. The number of carbonyl (C=O) groups is 3. The van der Waals surface area contributed by atoms with E-state index in [1.54, 1.807) is 76.5 Å². The Morgan fingerprint density at radius 2 is 1.32 bits per heavy atom. The van der Waals surface area contributed by atoms with Crippen LogP contribution in [0.1, 0.15) is 81.4 Å². The normalized spacial score (nSPS) is 15.8. The molecule has 0 aromatic heterocycles. The van der Waals surface area contributed by atoms with E-state index in [0.29, 0.717) is 55.7 Å². The Labute approximate surface area is 257 Å². The van der Waals surface area contributed by atoms with Gasteiger partial charge < -0.3 is 24.6 Å². The summed E-state index contributed by atoms with van der Waals surface area (Å²) in [5.41, 5.74) is 2.10. The van der Waals surface area contributed by atoms with Gasteiger partial charge in [0.2, 0.25) is 0 Å². The minimum absolute atomic E-state index is 0.0948. The predicted molar refractivity (Wildman–Crippen MR) is 166 cm³/mol. The summed E-state index contributed by atoms with van der Waals surface area (Å²) in [5, 5.41) is 2.67. The average molecular weight is 610 g/mol. The summed E-state index contributed by atoms with van der Waals surface area (Å²) >= 11 is 0. The van der Waals surface area contributed by atoms with E-state index in [2.05, 4.69) is 5.32 Å². The number of ether oxygens (including phenoxy) is 2. The second kappa shape index (κ2) is 12.8. The van der Waals surface area contributed by atoms with Gasteiger partial charge in [0.25, 0.3) is 5.91 Å². The Bertz CT molecular complexity index is 1490. The number of hydrogen-bond donors (Lipinski definition) is 1. The van der Waals surface area contributed by atoms with Gasteiger partial charge in [-0.05, 0) is 102 Å². The molecule has 44 heavy (non-hydrogen) atoms. The first-order chi connectivity index (χ1) is 20.5. The molecule has 2 aromatic carbocycles. The number of nitrogens with one attached hydrogen (secondary N) is 1. The van der Waals surface area contributed by atoms with Crippen LogP contribution in [0, 0.1) is 18.6 Å². The van der Waals surface area contributed by atoms with Crippen molar-refractivity contribution in [1.29, 1.82) is 0 Å². The highest BCUT2D eigenvalue weighted by atomic mass is 19.1. The van der Waals surface area contributed by atoms with Crippen molar-refractivity contribution < 1.29 is 32.6 Å². The molecule has 8 nitrogen and oxygen atoms in total. The third-order valence-electron chi connectivity index (χ3n) is 7.17. The average Bonchev–Trinajstić information content (AvgIpc) is 2.91. The molecule has 2 aromatic rings. The monoisotopic (exact) mass is 609 g/mol. The molecule has 236 valence electrons. The first kappa shape index (κ1) is 32.7. The fraction of sp³-hybridized carbons (Fsp3) is 0.441. The zero-order valence-corrected chi connectivity index (χ0v) is 26.5. The maximum absolute atomic E-state index is 15.3. The minimum Gasteiger partial charge on any atom is -0.444 e. The lowest BCUT2D eigenvalue weighted by Crippen LogP contribution is -2.39. The second-order valence-corrected chi connectivity index (χ2v) is 13.1. The fourth-order valence-corrected chi connectivity index (χ4v) is 5.14. The van der Waals surface area contributed by atoms with Crippen molar-refractivity contribution in [2.24, 2.45) is 0 Å². The lowest BCUT2D eigenvalue weighted by molar-refractivity contribution is 0.0260. The summed E-state index contributed by atoms with van der Waals surface area (Å²) in [6.45, 7) is 14.0. The van der Waals surface area contributed by atoms with Crippen molar-refractivity contribution in [1.82, 2.24) is 9.80 Å². The standard InChI is InChI=1S/C34H41F2N3O5/c1-21-18-25(20-28(36)29(21)23-12-16-39(17-13-23)32(42)44-34(5,6)7)37-30(40)24-8-9-26(27(35)19-24)22-10-14-38(15-11-22)31(41)43-33(2,3)4/h8-10,12,18-20H,11,13-17H2,1-7H3,(H,37,40). The number of nitrogens with zero attached hydrogens (tertiary/aromatic N) is 2. The third-order valence-corrected chi connectivity index (χ3v) is 7.17. The molecular weight excluding hydrogens is 568 g/mol. The summed E-state index contributed by atoms with van der Waals surface area (Å²) in [7, 11) is 0. The molecule has 0 fully saturated rings. The summed E-state index contributed by atoms with van der Waals surface area (Å²) < 4.78 is 41.3. The van der Waals surface area contributed by atoms with Gasteiger partial charge in [0, 0.05) is 48.6 Å². The van der Waals surface area contributed by atoms with Gasteiger partial charge in [0.1, 0.15) is 22.8 Å². The maximum atomic E-state index is 15.3. The number of halogens is 2. The molecule has 0 saturated heterocycles. The first-order valence-corrected chi connectivity index (χ1v) is 14.8. The minimum atomic E-state index is -0.601. The lowest BCUT2D eigenvalue weighted by atomic mass is 9.94. The first-order valence-electron chi connectivity index (χ1n) is 14.8. The summed E-state index contributed by atoms with van der Waals surface area (Å²) in [6, 6.07) is 7.15. The molecule has 0 saturated carbocycles. The lowest BCUT2D eigenvalue weighted by Gasteiger charge is -2.30. The van der Waals surface area contributed by atoms with Gasteiger partial charge in [0.15, 0.2) is 0 Å². The molecule has 10 heteroatoms. The van der Waals surface area contributed by atoms with Crippen LogP contribution in [-0.4, -0.2) is 65.3 Å². The molecule has 4 rings (SSSR count). The largest absolute Gasteiger partial charge is 0.444 e. The predicted octanol–water partition coefficient (Wildman–Crippen LogP) is 7.57. The molecule has 1 N–H and O–H groups in total. The Kier molecular flexibility index (Phi) is 9.51. The molecule has 2 heterocycles. The van der Waals surface area contributed by atoms with E-state index >= 15 is 8.78 Å². The van der Waals surface area contributed by atoms with Gasteiger partial charge in [-0.3, -0.25) is 4.79 Å². The van der Waals surface area contributed by atoms with Gasteiger partial charge in [-0.15, -0.1) is 0 Å². The van der Waals surface area contributed by atoms with Crippen molar-refractivity contribution in [3.8, 4) is 0 Å². The van der Waals surface area contributed by atoms with Crippen molar-refractivity contribution in [3.63, 3.8) is 0 Å². The zero-order chi connectivity index (χ0) is 32.4. The molecule has 0 spiro atoms. The summed E-state index contributed by atoms with van der Waals surface area (Å²) in [6.07, 6.45) is 3.69. The quantitative estimate of drug-likeness (QED) is 0.386. The van der Waals surface area contributed by atoms with Crippen LogP contribution in [0.2, 0.25) is 0 Å². The van der Waals surface area contributed by atoms with E-state index in [0.717, 1.165) is 17.2 Å². The Balaban J connectivity index is 1.41. The molecule has 0 bridgehead atoms. The van der Waals surface area contributed by atoms with Crippen LogP contribution in [0.4, 0.5) is 24.1 Å². The fourth-order valence-electron chi connectivity index (χ4n) is 5.14. The van der Waals surface area contributed by atoms with Gasteiger partial charge in [0.05, 0.1) is 0 Å². The number of rotatable bonds is 4. The number of carbonyl (C=O) groups excluding carboxylic acids is 3. The Morgan fingerprint density at radius 1 is 0.773 bits per heavy atom. The molecule has 2 aliphatic heterocycles. The van der Waals surface area contributed by atoms with E-state index in [1.165, 1.54) is 12.1 Å². The molecule has 0 unspecified atom stereocenters. The SMILES string of the molecule is Cc1cc(NC(=O)c2ccc(C3=CCN(C(=O)OC(C)(C)C)CC3)c(F)c2)cc(F)c1C1=CCN(C(=O)OC(C)(C)C)CC1. The molecule has 0 radical (unpaired) electrons. The molecule has 3 amide bonds. The van der Waals surface area contributed by atoms with E-state index in [1.807, 2.05) is 6.08 Å². The number of anilines is 1. The van der Waals surface area contributed by atoms with Crippen LogP contribution in [0.5, 0.6) is 0 Å². The smallest absolute Gasteiger partial charge is 0.410 e. The van der Waals surface area contributed by atoms with Gasteiger partial charge in [-0.1, -0.05) is 18.2 Å². The van der Waals surface area contributed by atoms with E-state index in [4.69, 9.17) is 9.47 Å². The second-order valence-electron chi connectivity index (χ2n) is 13.1. The van der Waals surface area contributed by atoms with Crippen molar-refractivity contribution in [2.45, 2.75) is 72.5 Å². The van der Waals surface area contributed by atoms with Gasteiger partial charge in [-0.25, -0.2) is 18.4 Å².